The van der Waals surface area contributed by atoms with Crippen molar-refractivity contribution < 1.29 is 0 Å². The quantitative estimate of drug-likeness (QED) is 0.880. The molecule has 2 heterocycles. The third kappa shape index (κ3) is 3.45. The second kappa shape index (κ2) is 6.31. The lowest BCUT2D eigenvalue weighted by Crippen LogP contribution is -2.30. The maximum atomic E-state index is 5.99. The van der Waals surface area contributed by atoms with E-state index in [4.69, 9.17) is 17.3 Å². The van der Waals surface area contributed by atoms with Crippen LogP contribution in [0.4, 0.5) is 11.8 Å². The summed E-state index contributed by atoms with van der Waals surface area (Å²) in [6.07, 6.45) is 4.57. The van der Waals surface area contributed by atoms with Crippen molar-refractivity contribution in [2.24, 2.45) is 0 Å². The number of rotatable bonds is 4. The van der Waals surface area contributed by atoms with Gasteiger partial charge < -0.3 is 10.6 Å². The van der Waals surface area contributed by atoms with Gasteiger partial charge in [-0.25, -0.2) is 4.98 Å². The zero-order valence-corrected chi connectivity index (χ0v) is 12.6. The molecule has 1 saturated heterocycles. The zero-order chi connectivity index (χ0) is 14.7. The summed E-state index contributed by atoms with van der Waals surface area (Å²) in [5.41, 5.74) is 7.08. The summed E-state index contributed by atoms with van der Waals surface area (Å²) >= 11 is 5.99. The van der Waals surface area contributed by atoms with E-state index in [1.807, 2.05) is 0 Å². The minimum atomic E-state index is 0.242. The third-order valence-corrected chi connectivity index (χ3v) is 4.17. The summed E-state index contributed by atoms with van der Waals surface area (Å²) in [5.74, 6) is 1.09. The van der Waals surface area contributed by atoms with E-state index in [0.29, 0.717) is 11.2 Å². The molecule has 21 heavy (non-hydrogen) atoms. The first kappa shape index (κ1) is 14.1. The van der Waals surface area contributed by atoms with Crippen LogP contribution in [0.2, 0.25) is 5.15 Å². The minimum Gasteiger partial charge on any atom is -0.368 e. The van der Waals surface area contributed by atoms with Gasteiger partial charge in [0.05, 0.1) is 0 Å². The SMILES string of the molecule is Nc1nc(Cl)cc(N2CCC[C@@H]2CCc2ccccc2)n1. The van der Waals surface area contributed by atoms with Gasteiger partial charge in [0.2, 0.25) is 5.95 Å². The van der Waals surface area contributed by atoms with Crippen LogP contribution in [0.25, 0.3) is 0 Å². The average molecular weight is 303 g/mol. The normalized spacial score (nSPS) is 18.1. The number of anilines is 2. The number of nitrogens with two attached hydrogens (primary N) is 1. The molecule has 0 radical (unpaired) electrons. The molecule has 1 aromatic carbocycles. The van der Waals surface area contributed by atoms with Crippen molar-refractivity contribution in [1.82, 2.24) is 9.97 Å². The van der Waals surface area contributed by atoms with Gasteiger partial charge in [0.1, 0.15) is 11.0 Å². The highest BCUT2D eigenvalue weighted by molar-refractivity contribution is 6.29. The van der Waals surface area contributed by atoms with Gasteiger partial charge in [0, 0.05) is 18.7 Å². The molecule has 1 atom stereocenters. The molecule has 1 aromatic heterocycles. The first-order chi connectivity index (χ1) is 10.2. The summed E-state index contributed by atoms with van der Waals surface area (Å²) < 4.78 is 0. The number of nitrogen functional groups attached to an aromatic ring is 1. The van der Waals surface area contributed by atoms with Gasteiger partial charge in [0.25, 0.3) is 0 Å². The van der Waals surface area contributed by atoms with Gasteiger partial charge in [-0.3, -0.25) is 0 Å². The Labute approximate surface area is 130 Å². The molecule has 110 valence electrons. The monoisotopic (exact) mass is 302 g/mol. The smallest absolute Gasteiger partial charge is 0.223 e. The number of aromatic nitrogens is 2. The molecule has 0 unspecified atom stereocenters. The number of benzene rings is 1. The molecule has 1 aliphatic heterocycles. The standard InChI is InChI=1S/C16H19ClN4/c17-14-11-15(20-16(18)19-14)21-10-4-7-13(21)9-8-12-5-2-1-3-6-12/h1-3,5-6,11,13H,4,7-10H2,(H2,18,19,20)/t13-/m1/s1. The number of aryl methyl sites for hydroxylation is 1. The molecule has 0 amide bonds. The van der Waals surface area contributed by atoms with Crippen LogP contribution in [0, 0.1) is 0 Å². The molecule has 0 aliphatic carbocycles. The molecule has 2 N–H and O–H groups in total. The fraction of sp³-hybridized carbons (Fsp3) is 0.375. The summed E-state index contributed by atoms with van der Waals surface area (Å²) in [6, 6.07) is 12.9. The summed E-state index contributed by atoms with van der Waals surface area (Å²) in [6.45, 7) is 1.01. The van der Waals surface area contributed by atoms with Gasteiger partial charge in [-0.2, -0.15) is 4.98 Å². The van der Waals surface area contributed by atoms with Crippen molar-refractivity contribution in [1.29, 1.82) is 0 Å². The van der Waals surface area contributed by atoms with Crippen LogP contribution < -0.4 is 10.6 Å². The maximum absolute atomic E-state index is 5.99. The van der Waals surface area contributed by atoms with Crippen LogP contribution in [0.15, 0.2) is 36.4 Å². The number of halogens is 1. The van der Waals surface area contributed by atoms with Crippen LogP contribution in [-0.2, 0) is 6.42 Å². The second-order valence-electron chi connectivity index (χ2n) is 5.42. The van der Waals surface area contributed by atoms with Crippen LogP contribution in [0.5, 0.6) is 0 Å². The van der Waals surface area contributed by atoms with Crippen molar-refractivity contribution >= 4 is 23.4 Å². The summed E-state index contributed by atoms with van der Waals surface area (Å²) in [5, 5.41) is 0.409. The molecule has 1 fully saturated rings. The first-order valence-corrected chi connectivity index (χ1v) is 7.71. The largest absolute Gasteiger partial charge is 0.368 e. The first-order valence-electron chi connectivity index (χ1n) is 7.33. The number of hydrogen-bond acceptors (Lipinski definition) is 4. The van der Waals surface area contributed by atoms with Crippen LogP contribution >= 0.6 is 11.6 Å². The Morgan fingerprint density at radius 1 is 1.24 bits per heavy atom. The van der Waals surface area contributed by atoms with E-state index in [1.54, 1.807) is 6.07 Å². The van der Waals surface area contributed by atoms with Gasteiger partial charge in [-0.05, 0) is 31.2 Å². The van der Waals surface area contributed by atoms with Crippen molar-refractivity contribution in [2.75, 3.05) is 17.2 Å². The van der Waals surface area contributed by atoms with E-state index in [0.717, 1.165) is 25.2 Å². The van der Waals surface area contributed by atoms with E-state index >= 15 is 0 Å². The zero-order valence-electron chi connectivity index (χ0n) is 11.9. The summed E-state index contributed by atoms with van der Waals surface area (Å²) in [4.78, 5) is 10.6. The third-order valence-electron chi connectivity index (χ3n) is 3.98. The highest BCUT2D eigenvalue weighted by Gasteiger charge is 2.25. The van der Waals surface area contributed by atoms with Gasteiger partial charge in [-0.1, -0.05) is 41.9 Å². The predicted octanol–water partition coefficient (Wildman–Crippen LogP) is 3.31. The van der Waals surface area contributed by atoms with E-state index in [9.17, 15) is 0 Å². The van der Waals surface area contributed by atoms with Crippen LogP contribution in [0.1, 0.15) is 24.8 Å². The van der Waals surface area contributed by atoms with Gasteiger partial charge in [0.15, 0.2) is 0 Å². The molecular formula is C16H19ClN4. The Hall–Kier alpha value is -1.81. The number of hydrogen-bond donors (Lipinski definition) is 1. The van der Waals surface area contributed by atoms with Gasteiger partial charge in [-0.15, -0.1) is 0 Å². The predicted molar refractivity (Wildman–Crippen MR) is 86.6 cm³/mol. The Bertz CT molecular complexity index is 582. The Kier molecular flexibility index (Phi) is 4.25. The Morgan fingerprint density at radius 2 is 2.05 bits per heavy atom. The molecule has 5 heteroatoms. The fourth-order valence-corrected chi connectivity index (χ4v) is 3.17. The highest BCUT2D eigenvalue weighted by Crippen LogP contribution is 2.28. The van der Waals surface area contributed by atoms with E-state index in [2.05, 4.69) is 45.2 Å². The highest BCUT2D eigenvalue weighted by atomic mass is 35.5. The lowest BCUT2D eigenvalue weighted by Gasteiger charge is -2.26. The van der Waals surface area contributed by atoms with E-state index in [1.165, 1.54) is 18.4 Å². The molecular weight excluding hydrogens is 284 g/mol. The van der Waals surface area contributed by atoms with Crippen LogP contribution in [-0.4, -0.2) is 22.6 Å². The van der Waals surface area contributed by atoms with Gasteiger partial charge >= 0.3 is 0 Å². The molecule has 2 aromatic rings. The Balaban J connectivity index is 1.70. The van der Waals surface area contributed by atoms with Crippen molar-refractivity contribution in [3.8, 4) is 0 Å². The molecule has 0 bridgehead atoms. The Morgan fingerprint density at radius 3 is 2.81 bits per heavy atom. The minimum absolute atomic E-state index is 0.242. The van der Waals surface area contributed by atoms with Crippen molar-refractivity contribution in [3.05, 3.63) is 47.1 Å². The molecule has 3 rings (SSSR count). The van der Waals surface area contributed by atoms with Crippen LogP contribution in [0.3, 0.4) is 0 Å². The van der Waals surface area contributed by atoms with E-state index < -0.39 is 0 Å². The fourth-order valence-electron chi connectivity index (χ4n) is 2.99. The lowest BCUT2D eigenvalue weighted by atomic mass is 10.0. The summed E-state index contributed by atoms with van der Waals surface area (Å²) in [7, 11) is 0. The van der Waals surface area contributed by atoms with E-state index in [-0.39, 0.29) is 5.95 Å². The topological polar surface area (TPSA) is 55.0 Å². The second-order valence-corrected chi connectivity index (χ2v) is 5.81. The number of nitrogens with zero attached hydrogens (tertiary/aromatic N) is 3. The van der Waals surface area contributed by atoms with Crippen molar-refractivity contribution in [2.45, 2.75) is 31.7 Å². The van der Waals surface area contributed by atoms with Crippen molar-refractivity contribution in [3.63, 3.8) is 0 Å². The molecule has 0 spiro atoms. The lowest BCUT2D eigenvalue weighted by molar-refractivity contribution is 0.606. The molecule has 0 saturated carbocycles. The average Bonchev–Trinajstić information content (AvgIpc) is 2.93. The molecule has 1 aliphatic rings. The maximum Gasteiger partial charge on any atom is 0.223 e. The molecule has 4 nitrogen and oxygen atoms in total.